The lowest BCUT2D eigenvalue weighted by atomic mass is 9.89. The van der Waals surface area contributed by atoms with Crippen LogP contribution in [0.2, 0.25) is 0 Å². The summed E-state index contributed by atoms with van der Waals surface area (Å²) in [6.07, 6.45) is 1.06. The summed E-state index contributed by atoms with van der Waals surface area (Å²) in [4.78, 5) is 13.4. The van der Waals surface area contributed by atoms with Crippen molar-refractivity contribution in [3.05, 3.63) is 35.4 Å². The topological polar surface area (TPSA) is 40.5 Å². The van der Waals surface area contributed by atoms with Crippen molar-refractivity contribution in [1.82, 2.24) is 4.90 Å². The average Bonchev–Trinajstić information content (AvgIpc) is 2.32. The minimum atomic E-state index is -1.03. The van der Waals surface area contributed by atoms with Crippen LogP contribution in [-0.2, 0) is 4.79 Å². The molecule has 0 radical (unpaired) electrons. The molecule has 1 saturated heterocycles. The normalized spacial score (nSPS) is 25.4. The number of rotatable bonds is 3. The number of likely N-dealkylation sites (tertiary alicyclic amines) is 1. The van der Waals surface area contributed by atoms with Gasteiger partial charge in [-0.2, -0.15) is 0 Å². The maximum Gasteiger partial charge on any atom is 0.325 e. The molecule has 5 heteroatoms. The van der Waals surface area contributed by atoms with E-state index in [-0.39, 0.29) is 5.56 Å². The fourth-order valence-electron chi connectivity index (χ4n) is 3.11. The van der Waals surface area contributed by atoms with E-state index in [1.807, 2.05) is 4.90 Å². The number of carboxylic acid groups (broad SMARTS) is 1. The van der Waals surface area contributed by atoms with Crippen molar-refractivity contribution in [2.24, 2.45) is 11.8 Å². The summed E-state index contributed by atoms with van der Waals surface area (Å²) in [5.74, 6) is -2.21. The highest BCUT2D eigenvalue weighted by Crippen LogP contribution is 2.30. The summed E-state index contributed by atoms with van der Waals surface area (Å²) < 4.78 is 26.3. The fraction of sp³-hybridized carbons (Fsp3) is 0.533. The van der Waals surface area contributed by atoms with Crippen LogP contribution in [0.25, 0.3) is 0 Å². The highest BCUT2D eigenvalue weighted by molar-refractivity contribution is 5.75. The fourth-order valence-corrected chi connectivity index (χ4v) is 3.11. The summed E-state index contributed by atoms with van der Waals surface area (Å²) in [7, 11) is 0. The van der Waals surface area contributed by atoms with Crippen LogP contribution in [0.15, 0.2) is 18.2 Å². The van der Waals surface area contributed by atoms with Gasteiger partial charge in [-0.1, -0.05) is 19.9 Å². The predicted molar refractivity (Wildman–Crippen MR) is 71.3 cm³/mol. The second-order valence-electron chi connectivity index (χ2n) is 5.81. The van der Waals surface area contributed by atoms with Gasteiger partial charge in [-0.3, -0.25) is 9.69 Å². The van der Waals surface area contributed by atoms with Gasteiger partial charge in [0.05, 0.1) is 0 Å². The largest absolute Gasteiger partial charge is 0.480 e. The molecule has 3 unspecified atom stereocenters. The molecule has 0 amide bonds. The molecule has 0 aliphatic carbocycles. The van der Waals surface area contributed by atoms with E-state index in [0.717, 1.165) is 18.6 Å². The number of carbonyl (C=O) groups is 1. The Morgan fingerprint density at radius 1 is 1.25 bits per heavy atom. The minimum Gasteiger partial charge on any atom is -0.480 e. The Morgan fingerprint density at radius 3 is 2.35 bits per heavy atom. The molecule has 1 aromatic carbocycles. The molecule has 3 atom stereocenters. The van der Waals surface area contributed by atoms with Gasteiger partial charge >= 0.3 is 5.97 Å². The molecule has 0 bridgehead atoms. The first kappa shape index (κ1) is 14.9. The molecule has 2 rings (SSSR count). The molecule has 3 nitrogen and oxygen atoms in total. The first-order chi connectivity index (χ1) is 9.38. The van der Waals surface area contributed by atoms with Gasteiger partial charge in [-0.25, -0.2) is 8.78 Å². The van der Waals surface area contributed by atoms with Crippen LogP contribution < -0.4 is 0 Å². The van der Waals surface area contributed by atoms with Crippen molar-refractivity contribution in [2.75, 3.05) is 13.1 Å². The minimum absolute atomic E-state index is 0.290. The predicted octanol–water partition coefficient (Wildman–Crippen LogP) is 3.07. The summed E-state index contributed by atoms with van der Waals surface area (Å²) in [5, 5.41) is 9.45. The zero-order valence-electron chi connectivity index (χ0n) is 11.6. The molecule has 0 aromatic heterocycles. The van der Waals surface area contributed by atoms with Gasteiger partial charge in [0, 0.05) is 13.1 Å². The Hall–Kier alpha value is -1.49. The molecule has 1 aliphatic heterocycles. The zero-order chi connectivity index (χ0) is 14.9. The van der Waals surface area contributed by atoms with E-state index in [9.17, 15) is 18.7 Å². The van der Waals surface area contributed by atoms with Gasteiger partial charge in [0.2, 0.25) is 0 Å². The molecule has 1 aromatic rings. The van der Waals surface area contributed by atoms with Crippen LogP contribution in [0.1, 0.15) is 31.9 Å². The van der Waals surface area contributed by atoms with Crippen molar-refractivity contribution in [1.29, 1.82) is 0 Å². The van der Waals surface area contributed by atoms with Crippen LogP contribution in [0, 0.1) is 23.5 Å². The average molecular weight is 283 g/mol. The van der Waals surface area contributed by atoms with Crippen LogP contribution in [-0.4, -0.2) is 29.1 Å². The number of carboxylic acids is 1. The van der Waals surface area contributed by atoms with Crippen LogP contribution in [0.4, 0.5) is 8.78 Å². The summed E-state index contributed by atoms with van der Waals surface area (Å²) in [6, 6.07) is 2.40. The smallest absolute Gasteiger partial charge is 0.325 e. The summed E-state index contributed by atoms with van der Waals surface area (Å²) >= 11 is 0. The maximum absolute atomic E-state index is 13.3. The van der Waals surface area contributed by atoms with E-state index < -0.39 is 23.6 Å². The number of hydrogen-bond acceptors (Lipinski definition) is 2. The Bertz CT molecular complexity index is 497. The first-order valence-electron chi connectivity index (χ1n) is 6.80. The number of benzene rings is 1. The van der Waals surface area contributed by atoms with Crippen molar-refractivity contribution < 1.29 is 18.7 Å². The molecule has 110 valence electrons. The van der Waals surface area contributed by atoms with E-state index in [2.05, 4.69) is 13.8 Å². The van der Waals surface area contributed by atoms with E-state index >= 15 is 0 Å². The molecular weight excluding hydrogens is 264 g/mol. The summed E-state index contributed by atoms with van der Waals surface area (Å²) in [6.45, 7) is 5.46. The SMILES string of the molecule is CC1CC(C)CN(C(C(=O)O)c2ccc(F)c(F)c2)C1. The number of aliphatic carboxylic acids is 1. The van der Waals surface area contributed by atoms with Gasteiger partial charge in [0.15, 0.2) is 11.6 Å². The number of piperidine rings is 1. The second kappa shape index (κ2) is 5.87. The molecule has 1 aliphatic rings. The van der Waals surface area contributed by atoms with Crippen molar-refractivity contribution in [2.45, 2.75) is 26.3 Å². The van der Waals surface area contributed by atoms with E-state index in [4.69, 9.17) is 0 Å². The third-order valence-electron chi connectivity index (χ3n) is 3.76. The quantitative estimate of drug-likeness (QED) is 0.926. The van der Waals surface area contributed by atoms with Crippen molar-refractivity contribution in [3.63, 3.8) is 0 Å². The first-order valence-corrected chi connectivity index (χ1v) is 6.80. The van der Waals surface area contributed by atoms with Crippen LogP contribution in [0.3, 0.4) is 0 Å². The number of hydrogen-bond donors (Lipinski definition) is 1. The third kappa shape index (κ3) is 3.15. The van der Waals surface area contributed by atoms with Gasteiger partial charge in [0.1, 0.15) is 6.04 Å². The second-order valence-corrected chi connectivity index (χ2v) is 5.81. The molecular formula is C15H19F2NO2. The van der Waals surface area contributed by atoms with Gasteiger partial charge < -0.3 is 5.11 Å². The van der Waals surface area contributed by atoms with Crippen molar-refractivity contribution in [3.8, 4) is 0 Å². The van der Waals surface area contributed by atoms with Crippen molar-refractivity contribution >= 4 is 5.97 Å². The summed E-state index contributed by atoms with van der Waals surface area (Å²) in [5.41, 5.74) is 0.290. The molecule has 1 heterocycles. The molecule has 1 fully saturated rings. The highest BCUT2D eigenvalue weighted by Gasteiger charge is 2.33. The van der Waals surface area contributed by atoms with Gasteiger partial charge in [-0.05, 0) is 36.0 Å². The third-order valence-corrected chi connectivity index (χ3v) is 3.76. The maximum atomic E-state index is 13.3. The van der Waals surface area contributed by atoms with Gasteiger partial charge in [0.25, 0.3) is 0 Å². The zero-order valence-corrected chi connectivity index (χ0v) is 11.6. The highest BCUT2D eigenvalue weighted by atomic mass is 19.2. The van der Waals surface area contributed by atoms with Gasteiger partial charge in [-0.15, -0.1) is 0 Å². The Labute approximate surface area is 117 Å². The number of halogens is 2. The number of nitrogens with zero attached hydrogens (tertiary/aromatic N) is 1. The molecule has 1 N–H and O–H groups in total. The van der Waals surface area contributed by atoms with Crippen LogP contribution >= 0.6 is 0 Å². The lowest BCUT2D eigenvalue weighted by Crippen LogP contribution is -2.43. The Morgan fingerprint density at radius 2 is 1.85 bits per heavy atom. The Balaban J connectivity index is 2.30. The lowest BCUT2D eigenvalue weighted by molar-refractivity contribution is -0.144. The van der Waals surface area contributed by atoms with Crippen LogP contribution in [0.5, 0.6) is 0 Å². The van der Waals surface area contributed by atoms with E-state index in [1.54, 1.807) is 0 Å². The Kier molecular flexibility index (Phi) is 4.38. The van der Waals surface area contributed by atoms with E-state index in [0.29, 0.717) is 24.9 Å². The molecule has 0 spiro atoms. The van der Waals surface area contributed by atoms with E-state index in [1.165, 1.54) is 6.07 Å². The standard InChI is InChI=1S/C15H19F2NO2/c1-9-5-10(2)8-18(7-9)14(15(19)20)11-3-4-12(16)13(17)6-11/h3-4,6,9-10,14H,5,7-8H2,1-2H3,(H,19,20). The lowest BCUT2D eigenvalue weighted by Gasteiger charge is -2.38. The molecule has 20 heavy (non-hydrogen) atoms. The molecule has 0 saturated carbocycles. The monoisotopic (exact) mass is 283 g/mol.